The lowest BCUT2D eigenvalue weighted by atomic mass is 9.99. The first-order chi connectivity index (χ1) is 19.8. The van der Waals surface area contributed by atoms with E-state index in [1.807, 2.05) is 18.9 Å². The number of likely N-dealkylation sites (N-methyl/N-ethyl adjacent to an activating group) is 1. The van der Waals surface area contributed by atoms with Crippen molar-refractivity contribution in [1.29, 1.82) is 0 Å². The number of hydrogen-bond acceptors (Lipinski definition) is 9. The molecule has 0 bridgehead atoms. The molecule has 3 aromatic rings. The maximum absolute atomic E-state index is 13.7. The van der Waals surface area contributed by atoms with Crippen LogP contribution in [0.15, 0.2) is 51.9 Å². The summed E-state index contributed by atoms with van der Waals surface area (Å²) < 4.78 is 40.9. The van der Waals surface area contributed by atoms with Crippen LogP contribution in [0, 0.1) is 19.8 Å². The van der Waals surface area contributed by atoms with Gasteiger partial charge in [-0.25, -0.2) is 13.2 Å². The molecule has 226 valence electrons. The second-order valence-electron chi connectivity index (χ2n) is 10.8. The number of carbonyl (C=O) groups excluding carboxylic acids is 1. The number of para-hydroxylation sites is 1. The number of sulfonamides is 1. The Balaban J connectivity index is 1.69. The molecule has 12 nitrogen and oxygen atoms in total. The maximum atomic E-state index is 13.7. The number of carboxylic acids is 1. The molecule has 3 atom stereocenters. The van der Waals surface area contributed by atoms with Crippen molar-refractivity contribution in [2.24, 2.45) is 5.92 Å². The molecular weight excluding hydrogens is 564 g/mol. The molecule has 4 rings (SSSR count). The lowest BCUT2D eigenvalue weighted by Gasteiger charge is -2.38. The molecule has 0 saturated carbocycles. The Kier molecular flexibility index (Phi) is 9.24. The molecule has 3 N–H and O–H groups in total. The van der Waals surface area contributed by atoms with Crippen molar-refractivity contribution in [2.45, 2.75) is 51.3 Å². The Labute approximate surface area is 244 Å². The van der Waals surface area contributed by atoms with E-state index in [1.165, 1.54) is 19.9 Å². The average Bonchev–Trinajstić information content (AvgIpc) is 3.29. The van der Waals surface area contributed by atoms with Crippen LogP contribution in [0.5, 0.6) is 5.75 Å². The van der Waals surface area contributed by atoms with E-state index in [-0.39, 0.29) is 57.3 Å². The maximum Gasteiger partial charge on any atom is 0.335 e. The number of nitrogens with zero attached hydrogens (tertiary/aromatic N) is 3. The van der Waals surface area contributed by atoms with E-state index in [0.29, 0.717) is 19.6 Å². The second kappa shape index (κ2) is 12.5. The summed E-state index contributed by atoms with van der Waals surface area (Å²) in [6, 6.07) is 10.8. The fraction of sp³-hybridized carbons (Fsp3) is 0.414. The number of aryl methyl sites for hydroxylation is 2. The lowest BCUT2D eigenvalue weighted by Crippen LogP contribution is -2.49. The number of aliphatic hydroxyl groups excluding tert-OH is 1. The van der Waals surface area contributed by atoms with Crippen molar-refractivity contribution < 1.29 is 37.5 Å². The molecule has 2 heterocycles. The minimum atomic E-state index is -4.15. The van der Waals surface area contributed by atoms with Gasteiger partial charge in [-0.05, 0) is 57.6 Å². The van der Waals surface area contributed by atoms with Crippen LogP contribution >= 0.6 is 0 Å². The Morgan fingerprint density at radius 3 is 2.50 bits per heavy atom. The number of carbonyl (C=O) groups is 2. The van der Waals surface area contributed by atoms with E-state index in [2.05, 4.69) is 9.88 Å². The summed E-state index contributed by atoms with van der Waals surface area (Å²) in [6.07, 6.45) is -0.488. The van der Waals surface area contributed by atoms with Crippen LogP contribution in [0.1, 0.15) is 51.6 Å². The van der Waals surface area contributed by atoms with Gasteiger partial charge in [-0.15, -0.1) is 0 Å². The number of amides is 1. The van der Waals surface area contributed by atoms with Gasteiger partial charge in [-0.3, -0.25) is 14.4 Å². The van der Waals surface area contributed by atoms with Crippen molar-refractivity contribution in [2.75, 3.05) is 31.5 Å². The monoisotopic (exact) mass is 600 g/mol. The lowest BCUT2D eigenvalue weighted by molar-refractivity contribution is 0.0343. The van der Waals surface area contributed by atoms with Crippen molar-refractivity contribution in [3.05, 3.63) is 70.6 Å². The number of benzene rings is 2. The van der Waals surface area contributed by atoms with E-state index < -0.39 is 28.1 Å². The van der Waals surface area contributed by atoms with Crippen LogP contribution in [0.4, 0.5) is 5.69 Å². The van der Waals surface area contributed by atoms with Crippen LogP contribution in [-0.2, 0) is 16.6 Å². The quantitative estimate of drug-likeness (QED) is 0.315. The number of rotatable bonds is 10. The highest BCUT2D eigenvalue weighted by Gasteiger charge is 2.35. The Morgan fingerprint density at radius 1 is 1.21 bits per heavy atom. The summed E-state index contributed by atoms with van der Waals surface area (Å²) >= 11 is 0. The number of nitrogens with one attached hydrogen (secondary N) is 1. The molecule has 13 heteroatoms. The van der Waals surface area contributed by atoms with Crippen molar-refractivity contribution in [3.8, 4) is 5.75 Å². The van der Waals surface area contributed by atoms with Crippen LogP contribution in [-0.4, -0.2) is 84.4 Å². The van der Waals surface area contributed by atoms with Crippen molar-refractivity contribution in [1.82, 2.24) is 15.0 Å². The van der Waals surface area contributed by atoms with Gasteiger partial charge >= 0.3 is 5.97 Å². The van der Waals surface area contributed by atoms with Crippen LogP contribution in [0.3, 0.4) is 0 Å². The van der Waals surface area contributed by atoms with Gasteiger partial charge in [-0.1, -0.05) is 30.3 Å². The zero-order valence-corrected chi connectivity index (χ0v) is 25.0. The minimum Gasteiger partial charge on any atom is -0.486 e. The molecule has 0 spiro atoms. The first kappa shape index (κ1) is 31.0. The van der Waals surface area contributed by atoms with Crippen LogP contribution in [0.25, 0.3) is 0 Å². The fourth-order valence-corrected chi connectivity index (χ4v) is 6.43. The van der Waals surface area contributed by atoms with Gasteiger partial charge < -0.3 is 24.4 Å². The molecule has 0 aliphatic carbocycles. The number of carboxylic acid groups (broad SMARTS) is 1. The SMILES string of the molecule is Cc1noc(C)c1S(=O)(=O)Nc1cccc2c1O[C@H](CN(C)Cc1ccc(C(=O)O)cc1)[C@H](C)CN([C@@H](C)CO)C2=O. The largest absolute Gasteiger partial charge is 0.486 e. The summed E-state index contributed by atoms with van der Waals surface area (Å²) in [4.78, 5) is 28.4. The van der Waals surface area contributed by atoms with Gasteiger partial charge in [0.25, 0.3) is 15.9 Å². The molecule has 1 aliphatic heterocycles. The van der Waals surface area contributed by atoms with Gasteiger partial charge in [0.2, 0.25) is 0 Å². The second-order valence-corrected chi connectivity index (χ2v) is 12.4. The van der Waals surface area contributed by atoms with E-state index >= 15 is 0 Å². The molecule has 0 saturated heterocycles. The Morgan fingerprint density at radius 2 is 1.90 bits per heavy atom. The van der Waals surface area contributed by atoms with Gasteiger partial charge in [0.05, 0.1) is 29.5 Å². The molecule has 0 radical (unpaired) electrons. The van der Waals surface area contributed by atoms with Crippen molar-refractivity contribution >= 4 is 27.6 Å². The number of aliphatic hydroxyl groups is 1. The Bertz CT molecular complexity index is 1530. The Hall–Kier alpha value is -3.94. The number of ether oxygens (including phenoxy) is 1. The predicted molar refractivity (Wildman–Crippen MR) is 154 cm³/mol. The highest BCUT2D eigenvalue weighted by atomic mass is 32.2. The molecule has 1 amide bonds. The third-order valence-corrected chi connectivity index (χ3v) is 8.93. The summed E-state index contributed by atoms with van der Waals surface area (Å²) in [5, 5.41) is 22.8. The van der Waals surface area contributed by atoms with Gasteiger partial charge in [0, 0.05) is 25.6 Å². The summed E-state index contributed by atoms with van der Waals surface area (Å²) in [5.41, 5.74) is 1.55. The third kappa shape index (κ3) is 6.58. The molecule has 42 heavy (non-hydrogen) atoms. The highest BCUT2D eigenvalue weighted by Crippen LogP contribution is 2.36. The van der Waals surface area contributed by atoms with E-state index in [1.54, 1.807) is 48.2 Å². The zero-order valence-electron chi connectivity index (χ0n) is 24.2. The highest BCUT2D eigenvalue weighted by molar-refractivity contribution is 7.92. The first-order valence-corrected chi connectivity index (χ1v) is 15.0. The summed E-state index contributed by atoms with van der Waals surface area (Å²) in [5.74, 6) is -1.38. The van der Waals surface area contributed by atoms with Crippen LogP contribution < -0.4 is 9.46 Å². The minimum absolute atomic E-state index is 0.0865. The average molecular weight is 601 g/mol. The third-order valence-electron chi connectivity index (χ3n) is 7.32. The smallest absolute Gasteiger partial charge is 0.335 e. The van der Waals surface area contributed by atoms with E-state index in [9.17, 15) is 28.2 Å². The molecule has 0 fully saturated rings. The van der Waals surface area contributed by atoms with Gasteiger partial charge in [0.15, 0.2) is 16.4 Å². The number of fused-ring (bicyclic) bond motifs is 1. The van der Waals surface area contributed by atoms with E-state index in [0.717, 1.165) is 5.56 Å². The normalized spacial score (nSPS) is 18.2. The van der Waals surface area contributed by atoms with Crippen molar-refractivity contribution in [3.63, 3.8) is 0 Å². The number of hydrogen-bond donors (Lipinski definition) is 3. The predicted octanol–water partition coefficient (Wildman–Crippen LogP) is 3.14. The van der Waals surface area contributed by atoms with Crippen LogP contribution in [0.2, 0.25) is 0 Å². The van der Waals surface area contributed by atoms with E-state index in [4.69, 9.17) is 9.26 Å². The summed E-state index contributed by atoms with van der Waals surface area (Å²) in [7, 11) is -2.25. The topological polar surface area (TPSA) is 163 Å². The molecule has 1 aliphatic rings. The number of aromatic carboxylic acids is 1. The molecule has 1 aromatic heterocycles. The standard InChI is InChI=1S/C29H36N4O8S/c1-17-13-33(18(2)16-34)28(35)23-7-6-8-24(31-42(38,39)27-19(3)30-41-20(27)4)26(23)40-25(17)15-32(5)14-21-9-11-22(12-10-21)29(36)37/h6-12,17-18,25,31,34H,13-16H2,1-5H3,(H,36,37)/t17-,18+,25-/m1/s1. The number of anilines is 1. The molecular formula is C29H36N4O8S. The molecule has 0 unspecified atom stereocenters. The van der Waals surface area contributed by atoms with Gasteiger partial charge in [0.1, 0.15) is 11.8 Å². The fourth-order valence-electron chi connectivity index (χ4n) is 5.03. The van der Waals surface area contributed by atoms with Gasteiger partial charge in [-0.2, -0.15) is 0 Å². The summed E-state index contributed by atoms with van der Waals surface area (Å²) in [6.45, 7) is 7.67. The number of aromatic nitrogens is 1. The first-order valence-electron chi connectivity index (χ1n) is 13.5. The zero-order chi connectivity index (χ0) is 30.8. The molecule has 2 aromatic carbocycles.